The molecular formula is C54H32N2OS. The van der Waals surface area contributed by atoms with Crippen molar-refractivity contribution in [2.45, 2.75) is 0 Å². The number of furan rings is 1. The maximum atomic E-state index is 6.18. The first kappa shape index (κ1) is 31.8. The maximum Gasteiger partial charge on any atom is 0.135 e. The molecular weight excluding hydrogens is 725 g/mol. The highest BCUT2D eigenvalue weighted by Crippen LogP contribution is 2.41. The summed E-state index contributed by atoms with van der Waals surface area (Å²) in [5.74, 6) is 0. The topological polar surface area (TPSA) is 23.0 Å². The van der Waals surface area contributed by atoms with E-state index in [9.17, 15) is 0 Å². The van der Waals surface area contributed by atoms with E-state index in [1.54, 1.807) is 0 Å². The van der Waals surface area contributed by atoms with Gasteiger partial charge in [-0.25, -0.2) is 0 Å². The van der Waals surface area contributed by atoms with Gasteiger partial charge in [-0.1, -0.05) is 109 Å². The summed E-state index contributed by atoms with van der Waals surface area (Å²) in [6, 6.07) is 70.9. The molecule has 0 amide bonds. The number of nitrogens with zero attached hydrogens (tertiary/aromatic N) is 2. The highest BCUT2D eigenvalue weighted by molar-refractivity contribution is 7.25. The molecule has 0 saturated carbocycles. The quantitative estimate of drug-likeness (QED) is 0.175. The lowest BCUT2D eigenvalue weighted by molar-refractivity contribution is 0.669. The van der Waals surface area contributed by atoms with E-state index in [4.69, 9.17) is 4.42 Å². The van der Waals surface area contributed by atoms with Crippen LogP contribution in [-0.2, 0) is 0 Å². The monoisotopic (exact) mass is 756 g/mol. The molecule has 58 heavy (non-hydrogen) atoms. The van der Waals surface area contributed by atoms with Crippen molar-refractivity contribution in [3.8, 4) is 33.6 Å². The van der Waals surface area contributed by atoms with Gasteiger partial charge in [0.05, 0.1) is 22.1 Å². The van der Waals surface area contributed by atoms with Gasteiger partial charge < -0.3 is 13.6 Å². The molecule has 0 saturated heterocycles. The Morgan fingerprint density at radius 3 is 1.57 bits per heavy atom. The fourth-order valence-electron chi connectivity index (χ4n) is 9.44. The van der Waals surface area contributed by atoms with Crippen LogP contribution in [0.4, 0.5) is 0 Å². The van der Waals surface area contributed by atoms with Gasteiger partial charge in [-0.15, -0.1) is 11.3 Å². The van der Waals surface area contributed by atoms with Crippen molar-refractivity contribution < 1.29 is 4.42 Å². The fraction of sp³-hybridized carbons (Fsp3) is 0. The first-order valence-electron chi connectivity index (χ1n) is 19.7. The molecule has 0 radical (unpaired) electrons. The Morgan fingerprint density at radius 1 is 0.293 bits per heavy atom. The summed E-state index contributed by atoms with van der Waals surface area (Å²) in [6.45, 7) is 0. The first-order valence-corrected chi connectivity index (χ1v) is 20.6. The molecule has 0 N–H and O–H groups in total. The van der Waals surface area contributed by atoms with Crippen molar-refractivity contribution in [3.63, 3.8) is 0 Å². The van der Waals surface area contributed by atoms with Crippen molar-refractivity contribution in [2.24, 2.45) is 0 Å². The summed E-state index contributed by atoms with van der Waals surface area (Å²) < 4.78 is 13.6. The normalized spacial score (nSPS) is 12.1. The van der Waals surface area contributed by atoms with Crippen LogP contribution >= 0.6 is 11.3 Å². The minimum Gasteiger partial charge on any atom is -0.456 e. The van der Waals surface area contributed by atoms with Gasteiger partial charge in [0.15, 0.2) is 0 Å². The van der Waals surface area contributed by atoms with E-state index in [1.165, 1.54) is 86.0 Å². The maximum absolute atomic E-state index is 6.18. The van der Waals surface area contributed by atoms with Crippen LogP contribution in [0.5, 0.6) is 0 Å². The average molecular weight is 757 g/mol. The minimum atomic E-state index is 0.905. The molecule has 4 heteroatoms. The second-order valence-electron chi connectivity index (χ2n) is 15.3. The SMILES string of the molecule is c1cc(-c2ccc3c(c2)sc2ccccc23)cc(-n2c3ccccc3c3cc(-c4ccc5c(c4)c4ccccc4n5-c4ccc5oc6ccccc6c5c4)ccc32)c1. The molecule has 0 aliphatic rings. The first-order chi connectivity index (χ1) is 28.7. The summed E-state index contributed by atoms with van der Waals surface area (Å²) in [4.78, 5) is 0. The van der Waals surface area contributed by atoms with Gasteiger partial charge in [-0.3, -0.25) is 0 Å². The van der Waals surface area contributed by atoms with Gasteiger partial charge in [0, 0.05) is 63.9 Å². The fourth-order valence-corrected chi connectivity index (χ4v) is 10.6. The highest BCUT2D eigenvalue weighted by atomic mass is 32.1. The zero-order valence-electron chi connectivity index (χ0n) is 31.2. The number of thiophene rings is 1. The molecule has 0 unspecified atom stereocenters. The third-order valence-electron chi connectivity index (χ3n) is 12.1. The van der Waals surface area contributed by atoms with Crippen LogP contribution in [0.15, 0.2) is 199 Å². The summed E-state index contributed by atoms with van der Waals surface area (Å²) in [7, 11) is 0. The second-order valence-corrected chi connectivity index (χ2v) is 16.4. The predicted molar refractivity (Wildman–Crippen MR) is 246 cm³/mol. The Morgan fingerprint density at radius 2 is 0.828 bits per heavy atom. The molecule has 4 heterocycles. The summed E-state index contributed by atoms with van der Waals surface area (Å²) >= 11 is 1.87. The third kappa shape index (κ3) is 4.61. The molecule has 0 aliphatic carbocycles. The second kappa shape index (κ2) is 12.1. The van der Waals surface area contributed by atoms with Gasteiger partial charge in [-0.2, -0.15) is 0 Å². The van der Waals surface area contributed by atoms with Crippen molar-refractivity contribution >= 4 is 97.1 Å². The van der Waals surface area contributed by atoms with Crippen LogP contribution in [-0.4, -0.2) is 9.13 Å². The predicted octanol–water partition coefficient (Wildman–Crippen LogP) is 15.5. The van der Waals surface area contributed by atoms with E-state index in [2.05, 4.69) is 191 Å². The van der Waals surface area contributed by atoms with Crippen LogP contribution in [0.3, 0.4) is 0 Å². The highest BCUT2D eigenvalue weighted by Gasteiger charge is 2.18. The average Bonchev–Trinajstić information content (AvgIpc) is 4.03. The molecule has 0 fully saturated rings. The van der Waals surface area contributed by atoms with E-state index < -0.39 is 0 Å². The number of fused-ring (bicyclic) bond motifs is 12. The lowest BCUT2D eigenvalue weighted by atomic mass is 10.0. The van der Waals surface area contributed by atoms with Crippen molar-refractivity contribution in [3.05, 3.63) is 194 Å². The van der Waals surface area contributed by atoms with Crippen LogP contribution in [0.25, 0.3) is 119 Å². The zero-order chi connectivity index (χ0) is 37.9. The van der Waals surface area contributed by atoms with Gasteiger partial charge in [0.1, 0.15) is 11.2 Å². The van der Waals surface area contributed by atoms with E-state index in [1.807, 2.05) is 23.5 Å². The zero-order valence-corrected chi connectivity index (χ0v) is 32.0. The lowest BCUT2D eigenvalue weighted by Crippen LogP contribution is -1.94. The van der Waals surface area contributed by atoms with Gasteiger partial charge in [0.25, 0.3) is 0 Å². The summed E-state index contributed by atoms with van der Waals surface area (Å²) in [5.41, 5.74) is 13.7. The van der Waals surface area contributed by atoms with Crippen molar-refractivity contribution in [1.82, 2.24) is 9.13 Å². The Kier molecular flexibility index (Phi) is 6.60. The molecule has 0 aliphatic heterocycles. The molecule has 3 nitrogen and oxygen atoms in total. The number of para-hydroxylation sites is 3. The van der Waals surface area contributed by atoms with E-state index in [-0.39, 0.29) is 0 Å². The molecule has 13 aromatic rings. The number of hydrogen-bond donors (Lipinski definition) is 0. The molecule has 0 atom stereocenters. The largest absolute Gasteiger partial charge is 0.456 e. The third-order valence-corrected chi connectivity index (χ3v) is 13.2. The molecule has 270 valence electrons. The lowest BCUT2D eigenvalue weighted by Gasteiger charge is -2.11. The van der Waals surface area contributed by atoms with Crippen molar-refractivity contribution in [2.75, 3.05) is 0 Å². The molecule has 4 aromatic heterocycles. The van der Waals surface area contributed by atoms with Crippen LogP contribution in [0.1, 0.15) is 0 Å². The number of aromatic nitrogens is 2. The van der Waals surface area contributed by atoms with E-state index in [0.717, 1.165) is 33.3 Å². The number of hydrogen-bond acceptors (Lipinski definition) is 2. The van der Waals surface area contributed by atoms with Crippen LogP contribution < -0.4 is 0 Å². The van der Waals surface area contributed by atoms with Gasteiger partial charge >= 0.3 is 0 Å². The minimum absolute atomic E-state index is 0.905. The standard InChI is InChI=1S/C54H32N2OS/c1-5-16-47-39(12-1)44-29-34(21-25-49(44)55(47)37-11-9-10-33(28-37)36-20-24-43-42-15-4-8-19-53(42)58-54(43)31-36)35-22-26-50-45(30-35)40-13-2-6-17-48(40)56(50)38-23-27-52-46(32-38)41-14-3-7-18-51(41)57-52/h1-32H. The van der Waals surface area contributed by atoms with Gasteiger partial charge in [0.2, 0.25) is 0 Å². The molecule has 0 spiro atoms. The summed E-state index contributed by atoms with van der Waals surface area (Å²) in [6.07, 6.45) is 0. The van der Waals surface area contributed by atoms with Crippen LogP contribution in [0.2, 0.25) is 0 Å². The van der Waals surface area contributed by atoms with Gasteiger partial charge in [-0.05, 0) is 107 Å². The van der Waals surface area contributed by atoms with Crippen LogP contribution in [0, 0.1) is 0 Å². The van der Waals surface area contributed by atoms with E-state index >= 15 is 0 Å². The Balaban J connectivity index is 0.936. The number of benzene rings is 9. The smallest absolute Gasteiger partial charge is 0.135 e. The molecule has 13 rings (SSSR count). The Hall–Kier alpha value is -7.40. The Bertz CT molecular complexity index is 3820. The molecule has 0 bridgehead atoms. The van der Waals surface area contributed by atoms with Crippen molar-refractivity contribution in [1.29, 1.82) is 0 Å². The summed E-state index contributed by atoms with van der Waals surface area (Å²) in [5, 5.41) is 9.88. The van der Waals surface area contributed by atoms with E-state index in [0.29, 0.717) is 0 Å². The Labute approximate surface area is 336 Å². The molecule has 9 aromatic carbocycles. The number of rotatable bonds is 4.